The second-order valence-electron chi connectivity index (χ2n) is 3.85. The third-order valence-electron chi connectivity index (χ3n) is 2.54. The normalized spacial score (nSPS) is 10.1. The summed E-state index contributed by atoms with van der Waals surface area (Å²) in [4.78, 5) is 22.6. The Hall–Kier alpha value is -2.83. The van der Waals surface area contributed by atoms with E-state index in [4.69, 9.17) is 9.84 Å². The molecule has 104 valence electrons. The molecule has 7 nitrogen and oxygen atoms in total. The van der Waals surface area contributed by atoms with E-state index < -0.39 is 11.9 Å². The number of methoxy groups -OCH3 is 1. The minimum atomic E-state index is -1.29. The van der Waals surface area contributed by atoms with E-state index >= 15 is 0 Å². The first-order chi connectivity index (χ1) is 9.63. The van der Waals surface area contributed by atoms with Crippen LogP contribution in [0.3, 0.4) is 0 Å². The fourth-order valence-corrected chi connectivity index (χ4v) is 1.59. The van der Waals surface area contributed by atoms with Gasteiger partial charge in [0.2, 0.25) is 5.69 Å². The van der Waals surface area contributed by atoms with Gasteiger partial charge in [-0.25, -0.2) is 9.59 Å². The number of aromatic amines is 1. The number of hydrogen-bond acceptors (Lipinski definition) is 5. The summed E-state index contributed by atoms with van der Waals surface area (Å²) in [5, 5.41) is 14.9. The summed E-state index contributed by atoms with van der Waals surface area (Å²) in [5.74, 6) is -2.17. The molecule has 0 radical (unpaired) electrons. The maximum Gasteiger partial charge on any atom is 0.360 e. The van der Waals surface area contributed by atoms with Crippen LogP contribution < -0.4 is 4.74 Å². The number of benzene rings is 1. The van der Waals surface area contributed by atoms with Gasteiger partial charge >= 0.3 is 11.9 Å². The van der Waals surface area contributed by atoms with Gasteiger partial charge in [0.1, 0.15) is 6.61 Å². The number of H-pyrrole nitrogens is 1. The lowest BCUT2D eigenvalue weighted by Crippen LogP contribution is -2.07. The number of carboxylic acid groups (broad SMARTS) is 1. The summed E-state index contributed by atoms with van der Waals surface area (Å²) < 4.78 is 9.94. The van der Waals surface area contributed by atoms with Gasteiger partial charge < -0.3 is 14.6 Å². The number of nitrogens with one attached hydrogen (secondary N) is 1. The molecule has 0 unspecified atom stereocenters. The number of rotatable bonds is 5. The predicted molar refractivity (Wildman–Crippen MR) is 67.7 cm³/mol. The molecule has 1 heterocycles. The van der Waals surface area contributed by atoms with Gasteiger partial charge in [0.25, 0.3) is 0 Å². The number of esters is 1. The fraction of sp³-hybridized carbons (Fsp3) is 0.154. The maximum atomic E-state index is 11.5. The van der Waals surface area contributed by atoms with Gasteiger partial charge in [-0.2, -0.15) is 5.10 Å². The Kier molecular flexibility index (Phi) is 3.99. The van der Waals surface area contributed by atoms with Gasteiger partial charge in [0.15, 0.2) is 11.4 Å². The van der Waals surface area contributed by atoms with Gasteiger partial charge in [-0.3, -0.25) is 5.10 Å². The molecular weight excluding hydrogens is 264 g/mol. The molecule has 2 aromatic rings. The highest BCUT2D eigenvalue weighted by Gasteiger charge is 2.25. The van der Waals surface area contributed by atoms with Gasteiger partial charge in [-0.15, -0.1) is 0 Å². The van der Waals surface area contributed by atoms with Crippen LogP contribution in [0.1, 0.15) is 26.5 Å². The van der Waals surface area contributed by atoms with Gasteiger partial charge in [-0.05, 0) is 5.56 Å². The van der Waals surface area contributed by atoms with Crippen molar-refractivity contribution in [3.05, 3.63) is 47.3 Å². The summed E-state index contributed by atoms with van der Waals surface area (Å²) in [6.45, 7) is 0.116. The number of carbonyl (C=O) groups is 2. The molecule has 0 aliphatic rings. The van der Waals surface area contributed by atoms with Crippen LogP contribution in [0.2, 0.25) is 0 Å². The lowest BCUT2D eigenvalue weighted by atomic mass is 10.2. The zero-order valence-corrected chi connectivity index (χ0v) is 10.6. The van der Waals surface area contributed by atoms with Crippen LogP contribution in [0.25, 0.3) is 0 Å². The van der Waals surface area contributed by atoms with Crippen LogP contribution in [0, 0.1) is 0 Å². The van der Waals surface area contributed by atoms with E-state index in [-0.39, 0.29) is 23.7 Å². The third kappa shape index (κ3) is 2.77. The molecule has 0 spiro atoms. The first-order valence-corrected chi connectivity index (χ1v) is 5.70. The molecule has 20 heavy (non-hydrogen) atoms. The number of carbonyl (C=O) groups excluding carboxylic acids is 1. The molecule has 7 heteroatoms. The van der Waals surface area contributed by atoms with E-state index in [0.29, 0.717) is 0 Å². The molecule has 0 fully saturated rings. The van der Waals surface area contributed by atoms with Gasteiger partial charge in [-0.1, -0.05) is 30.3 Å². The topological polar surface area (TPSA) is 102 Å². The molecule has 0 saturated heterocycles. The smallest absolute Gasteiger partial charge is 0.360 e. The summed E-state index contributed by atoms with van der Waals surface area (Å²) >= 11 is 0. The van der Waals surface area contributed by atoms with Gasteiger partial charge in [0, 0.05) is 0 Å². The summed E-state index contributed by atoms with van der Waals surface area (Å²) in [7, 11) is 1.19. The highest BCUT2D eigenvalue weighted by molar-refractivity contribution is 5.97. The summed E-state index contributed by atoms with van der Waals surface area (Å²) in [6, 6.07) is 9.14. The number of ether oxygens (including phenoxy) is 2. The number of hydrogen-bond donors (Lipinski definition) is 2. The zero-order valence-electron chi connectivity index (χ0n) is 10.6. The minimum Gasteiger partial charge on any atom is -0.484 e. The molecule has 0 bridgehead atoms. The van der Waals surface area contributed by atoms with Crippen molar-refractivity contribution < 1.29 is 24.2 Å². The predicted octanol–water partition coefficient (Wildman–Crippen LogP) is 1.47. The average Bonchev–Trinajstić information content (AvgIpc) is 2.89. The van der Waals surface area contributed by atoms with Crippen molar-refractivity contribution in [1.29, 1.82) is 0 Å². The minimum absolute atomic E-state index is 0.116. The third-order valence-corrected chi connectivity index (χ3v) is 2.54. The number of nitrogens with zero attached hydrogens (tertiary/aromatic N) is 1. The van der Waals surface area contributed by atoms with Crippen molar-refractivity contribution in [2.24, 2.45) is 0 Å². The van der Waals surface area contributed by atoms with Crippen molar-refractivity contribution >= 4 is 11.9 Å². The molecule has 0 amide bonds. The van der Waals surface area contributed by atoms with Crippen LogP contribution in [-0.4, -0.2) is 34.4 Å². The van der Waals surface area contributed by atoms with Crippen molar-refractivity contribution in [3.63, 3.8) is 0 Å². The monoisotopic (exact) mass is 276 g/mol. The van der Waals surface area contributed by atoms with Crippen LogP contribution in [0.4, 0.5) is 0 Å². The zero-order chi connectivity index (χ0) is 14.5. The molecule has 0 aliphatic carbocycles. The Balaban J connectivity index is 2.26. The first kappa shape index (κ1) is 13.6. The number of carboxylic acids is 1. The van der Waals surface area contributed by atoms with E-state index in [2.05, 4.69) is 14.9 Å². The van der Waals surface area contributed by atoms with Crippen LogP contribution in [-0.2, 0) is 11.3 Å². The Labute approximate surface area is 114 Å². The maximum absolute atomic E-state index is 11.5. The van der Waals surface area contributed by atoms with Crippen molar-refractivity contribution in [2.45, 2.75) is 6.61 Å². The molecular formula is C13H12N2O5. The molecule has 0 atom stereocenters. The lowest BCUT2D eigenvalue weighted by Gasteiger charge is -2.06. The average molecular weight is 276 g/mol. The quantitative estimate of drug-likeness (QED) is 0.802. The van der Waals surface area contributed by atoms with Crippen molar-refractivity contribution in [2.75, 3.05) is 7.11 Å². The van der Waals surface area contributed by atoms with E-state index in [1.165, 1.54) is 7.11 Å². The van der Waals surface area contributed by atoms with E-state index in [9.17, 15) is 9.59 Å². The second kappa shape index (κ2) is 5.87. The second-order valence-corrected chi connectivity index (χ2v) is 3.85. The van der Waals surface area contributed by atoms with Crippen LogP contribution in [0.15, 0.2) is 30.3 Å². The molecule has 0 aliphatic heterocycles. The molecule has 2 rings (SSSR count). The van der Waals surface area contributed by atoms with E-state index in [1.807, 2.05) is 30.3 Å². The molecule has 1 aromatic heterocycles. The standard InChI is InChI=1S/C13H12N2O5/c1-19-13(18)10-11(9(12(16)17)14-15-10)20-7-8-5-3-2-4-6-8/h2-6H,7H2,1H3,(H,14,15)(H,16,17). The molecule has 0 saturated carbocycles. The highest BCUT2D eigenvalue weighted by atomic mass is 16.5. The molecule has 2 N–H and O–H groups in total. The Morgan fingerprint density at radius 2 is 2.00 bits per heavy atom. The lowest BCUT2D eigenvalue weighted by molar-refractivity contribution is 0.0589. The number of aromatic nitrogens is 2. The van der Waals surface area contributed by atoms with Crippen molar-refractivity contribution in [3.8, 4) is 5.75 Å². The van der Waals surface area contributed by atoms with Crippen LogP contribution >= 0.6 is 0 Å². The van der Waals surface area contributed by atoms with Gasteiger partial charge in [0.05, 0.1) is 7.11 Å². The Morgan fingerprint density at radius 1 is 1.30 bits per heavy atom. The van der Waals surface area contributed by atoms with E-state index in [1.54, 1.807) is 0 Å². The highest BCUT2D eigenvalue weighted by Crippen LogP contribution is 2.23. The fourth-order valence-electron chi connectivity index (χ4n) is 1.59. The summed E-state index contributed by atoms with van der Waals surface area (Å²) in [6.07, 6.45) is 0. The first-order valence-electron chi connectivity index (χ1n) is 5.70. The van der Waals surface area contributed by atoms with Crippen LogP contribution in [0.5, 0.6) is 5.75 Å². The van der Waals surface area contributed by atoms with Crippen molar-refractivity contribution in [1.82, 2.24) is 10.2 Å². The Bertz CT molecular complexity index is 621. The van der Waals surface area contributed by atoms with E-state index in [0.717, 1.165) is 5.56 Å². The SMILES string of the molecule is COC(=O)c1[nH]nc(C(=O)O)c1OCc1ccccc1. The molecule has 1 aromatic carbocycles. The Morgan fingerprint density at radius 3 is 2.60 bits per heavy atom. The summed E-state index contributed by atoms with van der Waals surface area (Å²) in [5.41, 5.74) is 0.350. The largest absolute Gasteiger partial charge is 0.484 e. The number of aromatic carboxylic acids is 1.